The fraction of sp³-hybridized carbons (Fsp3) is 0.200. The first-order valence-electron chi connectivity index (χ1n) is 4.54. The molecule has 2 rings (SSSR count). The van der Waals surface area contributed by atoms with Gasteiger partial charge < -0.3 is 4.79 Å². The second kappa shape index (κ2) is 4.00. The SMILES string of the molecule is Cn1cc(CC=O)c(-c2cnccn2)n1. The standard InChI is InChI=1S/C10H10N4O/c1-14-7-8(2-5-15)10(13-14)9-6-11-3-4-12-9/h3-7H,2H2,1H3. The molecule has 5 heteroatoms. The summed E-state index contributed by atoms with van der Waals surface area (Å²) in [4.78, 5) is 18.6. The van der Waals surface area contributed by atoms with E-state index in [0.29, 0.717) is 12.1 Å². The molecular weight excluding hydrogens is 192 g/mol. The van der Waals surface area contributed by atoms with Gasteiger partial charge >= 0.3 is 0 Å². The van der Waals surface area contributed by atoms with Gasteiger partial charge in [0.25, 0.3) is 0 Å². The number of aldehydes is 1. The molecule has 0 aliphatic heterocycles. The summed E-state index contributed by atoms with van der Waals surface area (Å²) in [6, 6.07) is 0. The molecular formula is C10H10N4O. The van der Waals surface area contributed by atoms with Crippen molar-refractivity contribution in [3.8, 4) is 11.4 Å². The average molecular weight is 202 g/mol. The zero-order valence-electron chi connectivity index (χ0n) is 8.29. The predicted molar refractivity (Wildman–Crippen MR) is 54.0 cm³/mol. The molecule has 0 unspecified atom stereocenters. The van der Waals surface area contributed by atoms with Crippen LogP contribution in [0.2, 0.25) is 0 Å². The molecule has 5 nitrogen and oxygen atoms in total. The van der Waals surface area contributed by atoms with Crippen LogP contribution in [0.15, 0.2) is 24.8 Å². The van der Waals surface area contributed by atoms with Gasteiger partial charge in [0.05, 0.1) is 6.20 Å². The van der Waals surface area contributed by atoms with Crippen molar-refractivity contribution in [3.05, 3.63) is 30.4 Å². The molecule has 76 valence electrons. The number of aromatic nitrogens is 4. The lowest BCUT2D eigenvalue weighted by Crippen LogP contribution is -1.91. The molecule has 0 radical (unpaired) electrons. The summed E-state index contributed by atoms with van der Waals surface area (Å²) in [6.07, 6.45) is 7.87. The minimum Gasteiger partial charge on any atom is -0.303 e. The molecule has 0 aliphatic carbocycles. The van der Waals surface area contributed by atoms with Crippen LogP contribution < -0.4 is 0 Å². The monoisotopic (exact) mass is 202 g/mol. The van der Waals surface area contributed by atoms with Crippen molar-refractivity contribution in [2.75, 3.05) is 0 Å². The van der Waals surface area contributed by atoms with Crippen LogP contribution in [-0.4, -0.2) is 26.0 Å². The van der Waals surface area contributed by atoms with Crippen LogP contribution in [0, 0.1) is 0 Å². The smallest absolute Gasteiger partial charge is 0.124 e. The highest BCUT2D eigenvalue weighted by molar-refractivity contribution is 5.64. The highest BCUT2D eigenvalue weighted by atomic mass is 16.1. The van der Waals surface area contributed by atoms with Crippen LogP contribution in [0.3, 0.4) is 0 Å². The highest BCUT2D eigenvalue weighted by Crippen LogP contribution is 2.18. The van der Waals surface area contributed by atoms with E-state index in [2.05, 4.69) is 15.1 Å². The van der Waals surface area contributed by atoms with Crippen molar-refractivity contribution in [2.24, 2.45) is 7.05 Å². The predicted octanol–water partition coefficient (Wildman–Crippen LogP) is 0.618. The van der Waals surface area contributed by atoms with Crippen molar-refractivity contribution in [2.45, 2.75) is 6.42 Å². The molecule has 0 fully saturated rings. The van der Waals surface area contributed by atoms with Crippen molar-refractivity contribution in [3.63, 3.8) is 0 Å². The lowest BCUT2D eigenvalue weighted by molar-refractivity contribution is -0.107. The lowest BCUT2D eigenvalue weighted by atomic mass is 10.1. The van der Waals surface area contributed by atoms with E-state index in [1.54, 1.807) is 23.3 Å². The van der Waals surface area contributed by atoms with Gasteiger partial charge in [-0.2, -0.15) is 5.10 Å². The van der Waals surface area contributed by atoms with Crippen LogP contribution >= 0.6 is 0 Å². The normalized spacial score (nSPS) is 10.2. The first-order chi connectivity index (χ1) is 7.31. The molecule has 2 heterocycles. The number of carbonyl (C=O) groups excluding carboxylic acids is 1. The summed E-state index contributed by atoms with van der Waals surface area (Å²) < 4.78 is 1.67. The molecule has 0 amide bonds. The van der Waals surface area contributed by atoms with E-state index in [-0.39, 0.29) is 0 Å². The van der Waals surface area contributed by atoms with Crippen molar-refractivity contribution in [1.82, 2.24) is 19.7 Å². The molecule has 0 spiro atoms. The quantitative estimate of drug-likeness (QED) is 0.684. The summed E-state index contributed by atoms with van der Waals surface area (Å²) in [5, 5.41) is 4.25. The molecule has 0 saturated heterocycles. The van der Waals surface area contributed by atoms with E-state index >= 15 is 0 Å². The second-order valence-corrected chi connectivity index (χ2v) is 3.14. The van der Waals surface area contributed by atoms with Gasteiger partial charge in [-0.05, 0) is 0 Å². The summed E-state index contributed by atoms with van der Waals surface area (Å²) in [7, 11) is 1.81. The minimum absolute atomic E-state index is 0.347. The molecule has 2 aromatic rings. The van der Waals surface area contributed by atoms with Crippen molar-refractivity contribution in [1.29, 1.82) is 0 Å². The largest absolute Gasteiger partial charge is 0.303 e. The van der Waals surface area contributed by atoms with E-state index < -0.39 is 0 Å². The van der Waals surface area contributed by atoms with Gasteiger partial charge in [-0.25, -0.2) is 0 Å². The zero-order valence-corrected chi connectivity index (χ0v) is 8.29. The molecule has 15 heavy (non-hydrogen) atoms. The zero-order chi connectivity index (χ0) is 10.7. The summed E-state index contributed by atoms with van der Waals surface area (Å²) in [6.45, 7) is 0. The first-order valence-corrected chi connectivity index (χ1v) is 4.54. The fourth-order valence-corrected chi connectivity index (χ4v) is 1.41. The fourth-order valence-electron chi connectivity index (χ4n) is 1.41. The van der Waals surface area contributed by atoms with Crippen molar-refractivity contribution >= 4 is 6.29 Å². The van der Waals surface area contributed by atoms with Gasteiger partial charge in [0.15, 0.2) is 0 Å². The number of carbonyl (C=O) groups is 1. The van der Waals surface area contributed by atoms with Gasteiger partial charge in [-0.15, -0.1) is 0 Å². The summed E-state index contributed by atoms with van der Waals surface area (Å²) >= 11 is 0. The Morgan fingerprint density at radius 3 is 3.00 bits per heavy atom. The third kappa shape index (κ3) is 1.90. The number of hydrogen-bond acceptors (Lipinski definition) is 4. The maximum atomic E-state index is 10.5. The summed E-state index contributed by atoms with van der Waals surface area (Å²) in [5.41, 5.74) is 2.28. The van der Waals surface area contributed by atoms with Gasteiger partial charge in [0, 0.05) is 37.6 Å². The van der Waals surface area contributed by atoms with Crippen LogP contribution in [0.4, 0.5) is 0 Å². The minimum atomic E-state index is 0.347. The molecule has 0 aromatic carbocycles. The van der Waals surface area contributed by atoms with Gasteiger partial charge in [0.1, 0.15) is 17.7 Å². The van der Waals surface area contributed by atoms with Crippen molar-refractivity contribution < 1.29 is 4.79 Å². The van der Waals surface area contributed by atoms with Gasteiger partial charge in [-0.1, -0.05) is 0 Å². The Labute approximate surface area is 86.8 Å². The molecule has 0 atom stereocenters. The Hall–Kier alpha value is -2.04. The van der Waals surface area contributed by atoms with E-state index in [1.165, 1.54) is 0 Å². The first kappa shape index (κ1) is 9.51. The van der Waals surface area contributed by atoms with Gasteiger partial charge in [-0.3, -0.25) is 14.6 Å². The van der Waals surface area contributed by atoms with Crippen LogP contribution in [-0.2, 0) is 18.3 Å². The average Bonchev–Trinajstić information content (AvgIpc) is 2.62. The third-order valence-electron chi connectivity index (χ3n) is 2.01. The molecule has 2 aromatic heterocycles. The Kier molecular flexibility index (Phi) is 2.53. The Morgan fingerprint density at radius 2 is 2.33 bits per heavy atom. The Balaban J connectivity index is 2.47. The van der Waals surface area contributed by atoms with E-state index in [9.17, 15) is 4.79 Å². The Morgan fingerprint density at radius 1 is 1.47 bits per heavy atom. The van der Waals surface area contributed by atoms with Gasteiger partial charge in [0.2, 0.25) is 0 Å². The molecule has 0 bridgehead atoms. The highest BCUT2D eigenvalue weighted by Gasteiger charge is 2.10. The van der Waals surface area contributed by atoms with E-state index in [4.69, 9.17) is 0 Å². The third-order valence-corrected chi connectivity index (χ3v) is 2.01. The number of nitrogens with zero attached hydrogens (tertiary/aromatic N) is 4. The second-order valence-electron chi connectivity index (χ2n) is 3.14. The maximum Gasteiger partial charge on any atom is 0.124 e. The number of rotatable bonds is 3. The molecule has 0 N–H and O–H groups in total. The van der Waals surface area contributed by atoms with Crippen LogP contribution in [0.1, 0.15) is 5.56 Å². The van der Waals surface area contributed by atoms with E-state index in [1.807, 2.05) is 13.2 Å². The summed E-state index contributed by atoms with van der Waals surface area (Å²) in [5.74, 6) is 0. The topological polar surface area (TPSA) is 60.7 Å². The lowest BCUT2D eigenvalue weighted by Gasteiger charge is -1.96. The van der Waals surface area contributed by atoms with Crippen LogP contribution in [0.5, 0.6) is 0 Å². The number of aryl methyl sites for hydroxylation is 1. The number of hydrogen-bond donors (Lipinski definition) is 0. The van der Waals surface area contributed by atoms with Crippen LogP contribution in [0.25, 0.3) is 11.4 Å². The van der Waals surface area contributed by atoms with E-state index in [0.717, 1.165) is 17.5 Å². The molecule has 0 aliphatic rings. The molecule has 0 saturated carbocycles. The Bertz CT molecular complexity index is 464. The maximum absolute atomic E-state index is 10.5.